The van der Waals surface area contributed by atoms with Gasteiger partial charge >= 0.3 is 0 Å². The molecule has 1 N–H and O–H groups in total. The lowest BCUT2D eigenvalue weighted by Crippen LogP contribution is -2.33. The lowest BCUT2D eigenvalue weighted by atomic mass is 9.95. The predicted octanol–water partition coefficient (Wildman–Crippen LogP) is 2.82. The molecule has 6 heteroatoms. The zero-order valence-electron chi connectivity index (χ0n) is 10.9. The van der Waals surface area contributed by atoms with Crippen molar-refractivity contribution < 1.29 is 0 Å². The number of nitrogens with zero attached hydrogens (tertiary/aromatic N) is 4. The second-order valence-corrected chi connectivity index (χ2v) is 5.82. The Morgan fingerprint density at radius 3 is 2.80 bits per heavy atom. The number of hydrogen-bond acceptors (Lipinski definition) is 4. The highest BCUT2D eigenvalue weighted by Gasteiger charge is 2.23. The highest BCUT2D eigenvalue weighted by Crippen LogP contribution is 2.31. The fourth-order valence-corrected chi connectivity index (χ4v) is 3.04. The van der Waals surface area contributed by atoms with Crippen LogP contribution < -0.4 is 4.90 Å². The summed E-state index contributed by atoms with van der Waals surface area (Å²) < 4.78 is 0.939. The highest BCUT2D eigenvalue weighted by molar-refractivity contribution is 9.10. The van der Waals surface area contributed by atoms with Gasteiger partial charge in [0.1, 0.15) is 18.2 Å². The molecule has 0 unspecified atom stereocenters. The molecule has 0 amide bonds. The topological polar surface area (TPSA) is 68.6 Å². The van der Waals surface area contributed by atoms with Gasteiger partial charge in [-0.25, -0.2) is 4.98 Å². The Morgan fingerprint density at radius 1 is 1.35 bits per heavy atom. The van der Waals surface area contributed by atoms with Crippen LogP contribution in [0.5, 0.6) is 0 Å². The number of benzene rings is 1. The van der Waals surface area contributed by atoms with Crippen LogP contribution in [0.3, 0.4) is 0 Å². The van der Waals surface area contributed by atoms with E-state index in [0.29, 0.717) is 5.92 Å². The number of hydrogen-bond donors (Lipinski definition) is 1. The quantitative estimate of drug-likeness (QED) is 0.918. The molecule has 102 valence electrons. The van der Waals surface area contributed by atoms with Crippen LogP contribution in [0.2, 0.25) is 0 Å². The minimum absolute atomic E-state index is 0.440. The molecule has 2 heterocycles. The van der Waals surface area contributed by atoms with E-state index in [4.69, 9.17) is 0 Å². The largest absolute Gasteiger partial charge is 0.370 e. The van der Waals surface area contributed by atoms with Crippen LogP contribution >= 0.6 is 15.9 Å². The van der Waals surface area contributed by atoms with Crippen molar-refractivity contribution in [3.8, 4) is 6.07 Å². The summed E-state index contributed by atoms with van der Waals surface area (Å²) >= 11 is 3.41. The summed E-state index contributed by atoms with van der Waals surface area (Å²) in [4.78, 5) is 6.51. The molecule has 0 radical (unpaired) electrons. The fourth-order valence-electron chi connectivity index (χ4n) is 2.68. The number of halogens is 1. The maximum absolute atomic E-state index is 9.25. The second-order valence-electron chi connectivity index (χ2n) is 4.91. The van der Waals surface area contributed by atoms with E-state index in [1.54, 1.807) is 6.33 Å². The van der Waals surface area contributed by atoms with Gasteiger partial charge in [-0.2, -0.15) is 10.4 Å². The summed E-state index contributed by atoms with van der Waals surface area (Å²) in [6.07, 6.45) is 3.61. The molecule has 2 aromatic rings. The number of piperidine rings is 1. The molecule has 1 aliphatic rings. The van der Waals surface area contributed by atoms with Crippen molar-refractivity contribution in [1.82, 2.24) is 15.2 Å². The Labute approximate surface area is 125 Å². The molecule has 1 fully saturated rings. The minimum Gasteiger partial charge on any atom is -0.370 e. The van der Waals surface area contributed by atoms with Crippen LogP contribution in [0.4, 0.5) is 5.69 Å². The number of anilines is 1. The Morgan fingerprint density at radius 2 is 2.15 bits per heavy atom. The third kappa shape index (κ3) is 2.54. The van der Waals surface area contributed by atoms with Gasteiger partial charge in [-0.05, 0) is 31.0 Å². The van der Waals surface area contributed by atoms with Crippen LogP contribution in [0.15, 0.2) is 29.0 Å². The maximum atomic E-state index is 9.25. The number of aromatic nitrogens is 3. The molecule has 0 atom stereocenters. The van der Waals surface area contributed by atoms with Gasteiger partial charge in [-0.15, -0.1) is 0 Å². The van der Waals surface area contributed by atoms with Gasteiger partial charge in [0.05, 0.1) is 11.3 Å². The SMILES string of the molecule is N#Cc1cc(Br)ccc1N1CCC(c2ncn[nH]2)CC1. The average Bonchev–Trinajstić information content (AvgIpc) is 3.01. The summed E-state index contributed by atoms with van der Waals surface area (Å²) in [5.41, 5.74) is 1.74. The first-order chi connectivity index (χ1) is 9.78. The van der Waals surface area contributed by atoms with Crippen LogP contribution in [-0.4, -0.2) is 28.3 Å². The summed E-state index contributed by atoms with van der Waals surface area (Å²) in [5.74, 6) is 1.41. The lowest BCUT2D eigenvalue weighted by molar-refractivity contribution is 0.487. The van der Waals surface area contributed by atoms with Gasteiger partial charge in [0.2, 0.25) is 0 Å². The summed E-state index contributed by atoms with van der Waals surface area (Å²) in [5, 5.41) is 16.1. The molecular weight excluding hydrogens is 318 g/mol. The molecule has 3 rings (SSSR count). The van der Waals surface area contributed by atoms with Crippen molar-refractivity contribution in [3.63, 3.8) is 0 Å². The minimum atomic E-state index is 0.440. The van der Waals surface area contributed by atoms with Crippen molar-refractivity contribution in [2.45, 2.75) is 18.8 Å². The average molecular weight is 332 g/mol. The van der Waals surface area contributed by atoms with Gasteiger partial charge in [0.15, 0.2) is 0 Å². The van der Waals surface area contributed by atoms with Gasteiger partial charge in [-0.3, -0.25) is 5.10 Å². The molecule has 1 aliphatic heterocycles. The van der Waals surface area contributed by atoms with Crippen molar-refractivity contribution in [2.24, 2.45) is 0 Å². The van der Waals surface area contributed by atoms with E-state index < -0.39 is 0 Å². The molecule has 1 saturated heterocycles. The van der Waals surface area contributed by atoms with E-state index in [-0.39, 0.29) is 0 Å². The highest BCUT2D eigenvalue weighted by atomic mass is 79.9. The molecular formula is C14H14BrN5. The van der Waals surface area contributed by atoms with E-state index >= 15 is 0 Å². The normalized spacial score (nSPS) is 16.1. The number of aromatic amines is 1. The molecule has 20 heavy (non-hydrogen) atoms. The van der Waals surface area contributed by atoms with Gasteiger partial charge in [0, 0.05) is 23.5 Å². The standard InChI is InChI=1S/C14H14BrN5/c15-12-1-2-13(11(7-12)8-16)20-5-3-10(4-6-20)14-17-9-18-19-14/h1-2,7,9-10H,3-6H2,(H,17,18,19). The van der Waals surface area contributed by atoms with Crippen molar-refractivity contribution in [3.05, 3.63) is 40.4 Å². The summed E-state index contributed by atoms with van der Waals surface area (Å²) in [6, 6.07) is 8.14. The van der Waals surface area contributed by atoms with E-state index in [9.17, 15) is 5.26 Å². The maximum Gasteiger partial charge on any atom is 0.137 e. The first-order valence-corrected chi connectivity index (χ1v) is 7.37. The summed E-state index contributed by atoms with van der Waals surface area (Å²) in [7, 11) is 0. The third-order valence-corrected chi connectivity index (χ3v) is 4.23. The number of nitrogens with one attached hydrogen (secondary N) is 1. The monoisotopic (exact) mass is 331 g/mol. The molecule has 0 spiro atoms. The van der Waals surface area contributed by atoms with Gasteiger partial charge in [0.25, 0.3) is 0 Å². The van der Waals surface area contributed by atoms with E-state index in [1.807, 2.05) is 18.2 Å². The molecule has 1 aromatic heterocycles. The van der Waals surface area contributed by atoms with E-state index in [0.717, 1.165) is 47.5 Å². The van der Waals surface area contributed by atoms with Crippen LogP contribution in [0, 0.1) is 11.3 Å². The number of H-pyrrole nitrogens is 1. The van der Waals surface area contributed by atoms with Crippen molar-refractivity contribution in [2.75, 3.05) is 18.0 Å². The Kier molecular flexibility index (Phi) is 3.70. The van der Waals surface area contributed by atoms with Crippen LogP contribution in [0.25, 0.3) is 0 Å². The molecule has 0 bridgehead atoms. The Bertz CT molecular complexity index is 624. The van der Waals surface area contributed by atoms with Crippen LogP contribution in [0.1, 0.15) is 30.1 Å². The fraction of sp³-hybridized carbons (Fsp3) is 0.357. The smallest absolute Gasteiger partial charge is 0.137 e. The van der Waals surface area contributed by atoms with Crippen molar-refractivity contribution >= 4 is 21.6 Å². The zero-order chi connectivity index (χ0) is 13.9. The first kappa shape index (κ1) is 13.1. The number of rotatable bonds is 2. The van der Waals surface area contributed by atoms with Crippen molar-refractivity contribution in [1.29, 1.82) is 5.26 Å². The molecule has 1 aromatic carbocycles. The van der Waals surface area contributed by atoms with Gasteiger partial charge in [-0.1, -0.05) is 15.9 Å². The third-order valence-electron chi connectivity index (χ3n) is 3.74. The lowest BCUT2D eigenvalue weighted by Gasteiger charge is -2.33. The van der Waals surface area contributed by atoms with Gasteiger partial charge < -0.3 is 4.90 Å². The molecule has 0 saturated carbocycles. The number of nitriles is 1. The second kappa shape index (κ2) is 5.63. The van der Waals surface area contributed by atoms with Crippen LogP contribution in [-0.2, 0) is 0 Å². The predicted molar refractivity (Wildman–Crippen MR) is 79.4 cm³/mol. The Balaban J connectivity index is 1.74. The summed E-state index contributed by atoms with van der Waals surface area (Å²) in [6.45, 7) is 1.86. The molecule has 5 nitrogen and oxygen atoms in total. The zero-order valence-corrected chi connectivity index (χ0v) is 12.5. The van der Waals surface area contributed by atoms with E-state index in [1.165, 1.54) is 0 Å². The first-order valence-electron chi connectivity index (χ1n) is 6.58. The van der Waals surface area contributed by atoms with E-state index in [2.05, 4.69) is 42.1 Å². The molecule has 0 aliphatic carbocycles. The Hall–Kier alpha value is -1.87.